The molecule has 1 rings (SSSR count). The lowest BCUT2D eigenvalue weighted by Crippen LogP contribution is -2.23. The molecule has 0 aliphatic rings. The van der Waals surface area contributed by atoms with Gasteiger partial charge in [0.2, 0.25) is 5.95 Å². The highest BCUT2D eigenvalue weighted by Gasteiger charge is 2.02. The molecule has 0 saturated carbocycles. The van der Waals surface area contributed by atoms with Gasteiger partial charge in [0.15, 0.2) is 6.29 Å². The van der Waals surface area contributed by atoms with Crippen molar-refractivity contribution in [3.05, 3.63) is 18.0 Å². The number of aromatic nitrogens is 2. The Kier molecular flexibility index (Phi) is 3.33. The van der Waals surface area contributed by atoms with E-state index >= 15 is 0 Å². The molecule has 1 aromatic rings. The lowest BCUT2D eigenvalue weighted by atomic mass is 10.4. The number of carbonyl (C=O) groups excluding carboxylic acids is 1. The summed E-state index contributed by atoms with van der Waals surface area (Å²) in [6.45, 7) is 0.524. The second kappa shape index (κ2) is 4.51. The number of hydrogen-bond acceptors (Lipinski definition) is 5. The zero-order valence-corrected chi connectivity index (χ0v) is 7.34. The molecule has 0 radical (unpaired) electrons. The van der Waals surface area contributed by atoms with Crippen LogP contribution in [0.5, 0.6) is 0 Å². The van der Waals surface area contributed by atoms with Crippen molar-refractivity contribution in [1.82, 2.24) is 9.97 Å². The van der Waals surface area contributed by atoms with Crippen LogP contribution >= 0.6 is 0 Å². The fourth-order valence-electron chi connectivity index (χ4n) is 0.839. The van der Waals surface area contributed by atoms with Crippen LogP contribution in [0.25, 0.3) is 0 Å². The number of likely N-dealkylation sites (N-methyl/N-ethyl adjacent to an activating group) is 1. The van der Waals surface area contributed by atoms with Crippen molar-refractivity contribution in [3.63, 3.8) is 0 Å². The number of carbonyl (C=O) groups is 1. The fourth-order valence-corrected chi connectivity index (χ4v) is 0.839. The van der Waals surface area contributed by atoms with Crippen LogP contribution in [0.2, 0.25) is 0 Å². The highest BCUT2D eigenvalue weighted by atomic mass is 16.3. The maximum absolute atomic E-state index is 10.3. The zero-order chi connectivity index (χ0) is 9.68. The number of aliphatic hydroxyl groups is 1. The Morgan fingerprint density at radius 2 is 2.15 bits per heavy atom. The first-order valence-corrected chi connectivity index (χ1v) is 3.87. The van der Waals surface area contributed by atoms with Gasteiger partial charge < -0.3 is 10.0 Å². The van der Waals surface area contributed by atoms with Gasteiger partial charge in [-0.2, -0.15) is 0 Å². The summed E-state index contributed by atoms with van der Waals surface area (Å²) in [6.07, 6.45) is 3.59. The number of rotatable bonds is 4. The number of aldehydes is 1. The molecular formula is C8H11N3O2. The van der Waals surface area contributed by atoms with E-state index in [-0.39, 0.29) is 6.61 Å². The average molecular weight is 181 g/mol. The number of aliphatic hydroxyl groups excluding tert-OH is 1. The molecule has 13 heavy (non-hydrogen) atoms. The van der Waals surface area contributed by atoms with Crippen LogP contribution in [0.4, 0.5) is 5.95 Å². The molecule has 0 amide bonds. The van der Waals surface area contributed by atoms with Crippen LogP contribution in [0, 0.1) is 0 Å². The minimum atomic E-state index is 0.0509. The van der Waals surface area contributed by atoms with Crippen LogP contribution in [-0.4, -0.2) is 41.6 Å². The van der Waals surface area contributed by atoms with Crippen LogP contribution in [0.3, 0.4) is 0 Å². The smallest absolute Gasteiger partial charge is 0.225 e. The van der Waals surface area contributed by atoms with Crippen molar-refractivity contribution >= 4 is 12.2 Å². The van der Waals surface area contributed by atoms with Gasteiger partial charge in [0.25, 0.3) is 0 Å². The number of hydrogen-bond donors (Lipinski definition) is 1. The van der Waals surface area contributed by atoms with Crippen molar-refractivity contribution in [3.8, 4) is 0 Å². The Labute approximate surface area is 76.0 Å². The molecule has 0 fully saturated rings. The SMILES string of the molecule is CN(CCO)c1ncc(C=O)cn1. The number of anilines is 1. The maximum Gasteiger partial charge on any atom is 0.225 e. The van der Waals surface area contributed by atoms with Gasteiger partial charge in [0.1, 0.15) is 0 Å². The summed E-state index contributed by atoms with van der Waals surface area (Å²) in [7, 11) is 1.77. The van der Waals surface area contributed by atoms with Gasteiger partial charge >= 0.3 is 0 Å². The first-order valence-electron chi connectivity index (χ1n) is 3.87. The molecule has 0 spiro atoms. The average Bonchev–Trinajstić information content (AvgIpc) is 2.18. The van der Waals surface area contributed by atoms with E-state index in [2.05, 4.69) is 9.97 Å². The van der Waals surface area contributed by atoms with Gasteiger partial charge in [-0.15, -0.1) is 0 Å². The van der Waals surface area contributed by atoms with E-state index in [0.29, 0.717) is 24.3 Å². The summed E-state index contributed by atoms with van der Waals surface area (Å²) >= 11 is 0. The summed E-state index contributed by atoms with van der Waals surface area (Å²) < 4.78 is 0. The first-order chi connectivity index (χ1) is 6.27. The van der Waals surface area contributed by atoms with Gasteiger partial charge in [-0.1, -0.05) is 0 Å². The minimum absolute atomic E-state index is 0.0509. The van der Waals surface area contributed by atoms with E-state index in [4.69, 9.17) is 5.11 Å². The Morgan fingerprint density at radius 3 is 2.62 bits per heavy atom. The predicted molar refractivity (Wildman–Crippen MR) is 47.8 cm³/mol. The Morgan fingerprint density at radius 1 is 1.54 bits per heavy atom. The molecule has 0 bridgehead atoms. The second-order valence-electron chi connectivity index (χ2n) is 2.58. The van der Waals surface area contributed by atoms with Crippen molar-refractivity contribution in [2.24, 2.45) is 0 Å². The quantitative estimate of drug-likeness (QED) is 0.647. The third-order valence-electron chi connectivity index (χ3n) is 1.57. The van der Waals surface area contributed by atoms with Crippen molar-refractivity contribution < 1.29 is 9.90 Å². The highest BCUT2D eigenvalue weighted by Crippen LogP contribution is 2.02. The molecule has 0 aliphatic carbocycles. The topological polar surface area (TPSA) is 66.3 Å². The van der Waals surface area contributed by atoms with E-state index in [1.807, 2.05) is 0 Å². The van der Waals surface area contributed by atoms with Crippen molar-refractivity contribution in [1.29, 1.82) is 0 Å². The summed E-state index contributed by atoms with van der Waals surface area (Å²) in [6, 6.07) is 0. The Bertz CT molecular complexity index is 273. The molecule has 5 heteroatoms. The van der Waals surface area contributed by atoms with Crippen LogP contribution in [0.15, 0.2) is 12.4 Å². The summed E-state index contributed by atoms with van der Waals surface area (Å²) in [4.78, 5) is 19.9. The minimum Gasteiger partial charge on any atom is -0.395 e. The fraction of sp³-hybridized carbons (Fsp3) is 0.375. The summed E-state index contributed by atoms with van der Waals surface area (Å²) in [5, 5.41) is 8.65. The molecule has 1 aromatic heterocycles. The standard InChI is InChI=1S/C8H11N3O2/c1-11(2-3-12)8-9-4-7(6-13)5-10-8/h4-6,12H,2-3H2,1H3. The van der Waals surface area contributed by atoms with Gasteiger partial charge in [-0.3, -0.25) is 4.79 Å². The third kappa shape index (κ3) is 2.48. The van der Waals surface area contributed by atoms with E-state index < -0.39 is 0 Å². The van der Waals surface area contributed by atoms with E-state index in [1.165, 1.54) is 12.4 Å². The Balaban J connectivity index is 2.73. The highest BCUT2D eigenvalue weighted by molar-refractivity contribution is 5.73. The normalized spacial score (nSPS) is 9.69. The molecule has 1 N–H and O–H groups in total. The molecule has 0 saturated heterocycles. The molecule has 0 aromatic carbocycles. The summed E-state index contributed by atoms with van der Waals surface area (Å²) in [5.74, 6) is 0.500. The maximum atomic E-state index is 10.3. The number of nitrogens with zero attached hydrogens (tertiary/aromatic N) is 3. The van der Waals surface area contributed by atoms with Crippen LogP contribution < -0.4 is 4.90 Å². The Hall–Kier alpha value is -1.49. The largest absolute Gasteiger partial charge is 0.395 e. The van der Waals surface area contributed by atoms with E-state index in [9.17, 15) is 4.79 Å². The van der Waals surface area contributed by atoms with Crippen molar-refractivity contribution in [2.75, 3.05) is 25.1 Å². The van der Waals surface area contributed by atoms with Gasteiger partial charge in [0.05, 0.1) is 12.2 Å². The van der Waals surface area contributed by atoms with Crippen LogP contribution in [0.1, 0.15) is 10.4 Å². The lowest BCUT2D eigenvalue weighted by Gasteiger charge is -2.14. The molecule has 70 valence electrons. The van der Waals surface area contributed by atoms with Gasteiger partial charge in [-0.05, 0) is 0 Å². The van der Waals surface area contributed by atoms with E-state index in [1.54, 1.807) is 11.9 Å². The molecule has 0 atom stereocenters. The molecule has 5 nitrogen and oxygen atoms in total. The third-order valence-corrected chi connectivity index (χ3v) is 1.57. The predicted octanol–water partition coefficient (Wildman–Crippen LogP) is -0.282. The van der Waals surface area contributed by atoms with Gasteiger partial charge in [-0.25, -0.2) is 9.97 Å². The summed E-state index contributed by atoms with van der Waals surface area (Å²) in [5.41, 5.74) is 0.446. The molecule has 0 aliphatic heterocycles. The lowest BCUT2D eigenvalue weighted by molar-refractivity contribution is 0.112. The molecule has 1 heterocycles. The monoisotopic (exact) mass is 181 g/mol. The van der Waals surface area contributed by atoms with Crippen LogP contribution in [-0.2, 0) is 0 Å². The molecular weight excluding hydrogens is 170 g/mol. The molecule has 0 unspecified atom stereocenters. The second-order valence-corrected chi connectivity index (χ2v) is 2.58. The zero-order valence-electron chi connectivity index (χ0n) is 7.34. The van der Waals surface area contributed by atoms with E-state index in [0.717, 1.165) is 0 Å². The van der Waals surface area contributed by atoms with Gasteiger partial charge in [0, 0.05) is 26.0 Å². The first kappa shape index (κ1) is 9.60. The van der Waals surface area contributed by atoms with Crippen molar-refractivity contribution in [2.45, 2.75) is 0 Å².